The van der Waals surface area contributed by atoms with Gasteiger partial charge in [0.2, 0.25) is 0 Å². The monoisotopic (exact) mass is 455 g/mol. The van der Waals surface area contributed by atoms with Crippen LogP contribution in [0.3, 0.4) is 0 Å². The van der Waals surface area contributed by atoms with Crippen LogP contribution in [0, 0.1) is 0 Å². The van der Waals surface area contributed by atoms with E-state index in [9.17, 15) is 18.0 Å². The minimum Gasteiger partial charge on any atom is -0.489 e. The number of hydrogen-bond acceptors (Lipinski definition) is 4. The number of rotatable bonds is 7. The number of carbonyl (C=O) groups is 1. The van der Waals surface area contributed by atoms with E-state index >= 15 is 0 Å². The van der Waals surface area contributed by atoms with E-state index in [0.29, 0.717) is 22.4 Å². The van der Waals surface area contributed by atoms with E-state index in [2.05, 4.69) is 10.3 Å². The maximum Gasteiger partial charge on any atom is 0.416 e. The number of ether oxygens (including phenoxy) is 1. The Labute approximate surface area is 187 Å². The normalized spacial score (nSPS) is 11.5. The molecular weight excluding hydrogens is 435 g/mol. The van der Waals surface area contributed by atoms with Crippen LogP contribution in [0.5, 0.6) is 5.75 Å². The average molecular weight is 455 g/mol. The maximum atomic E-state index is 12.7. The van der Waals surface area contributed by atoms with Crippen molar-refractivity contribution in [2.75, 3.05) is 13.2 Å². The summed E-state index contributed by atoms with van der Waals surface area (Å²) in [6, 6.07) is 17.2. The van der Waals surface area contributed by atoms with Gasteiger partial charge in [-0.25, -0.2) is 4.98 Å². The van der Waals surface area contributed by atoms with Crippen LogP contribution < -0.4 is 10.1 Å². The number of nitrogens with zero attached hydrogens (tertiary/aromatic N) is 2. The number of imidazole rings is 1. The fraction of sp³-hybridized carbons (Fsp3) is 0.167. The predicted octanol–water partition coefficient (Wildman–Crippen LogP) is 4.35. The number of fused-ring (bicyclic) bond motifs is 1. The molecule has 3 aromatic carbocycles. The highest BCUT2D eigenvalue weighted by molar-refractivity contribution is 5.97. The van der Waals surface area contributed by atoms with E-state index in [1.165, 1.54) is 12.1 Å². The zero-order chi connectivity index (χ0) is 23.4. The van der Waals surface area contributed by atoms with Gasteiger partial charge in [0.1, 0.15) is 18.7 Å². The van der Waals surface area contributed by atoms with Crippen LogP contribution >= 0.6 is 0 Å². The largest absolute Gasteiger partial charge is 0.489 e. The molecule has 6 nitrogen and oxygen atoms in total. The van der Waals surface area contributed by atoms with Crippen LogP contribution in [-0.4, -0.2) is 33.7 Å². The van der Waals surface area contributed by atoms with Crippen molar-refractivity contribution in [1.29, 1.82) is 0 Å². The van der Waals surface area contributed by atoms with E-state index in [1.807, 2.05) is 16.7 Å². The van der Waals surface area contributed by atoms with Crippen LogP contribution in [-0.2, 0) is 12.8 Å². The summed E-state index contributed by atoms with van der Waals surface area (Å²) in [4.78, 5) is 16.4. The Balaban J connectivity index is 1.44. The topological polar surface area (TPSA) is 76.4 Å². The third-order valence-electron chi connectivity index (χ3n) is 5.01. The molecule has 0 radical (unpaired) electrons. The second-order valence-electron chi connectivity index (χ2n) is 7.27. The van der Waals surface area contributed by atoms with Crippen LogP contribution in [0.25, 0.3) is 16.7 Å². The van der Waals surface area contributed by atoms with Crippen molar-refractivity contribution in [3.8, 4) is 11.4 Å². The summed E-state index contributed by atoms with van der Waals surface area (Å²) in [6.07, 6.45) is -2.71. The first-order valence-corrected chi connectivity index (χ1v) is 10.1. The van der Waals surface area contributed by atoms with E-state index in [-0.39, 0.29) is 25.7 Å². The number of nitrogens with one attached hydrogen (secondary N) is 1. The summed E-state index contributed by atoms with van der Waals surface area (Å²) in [5.74, 6) is 0.293. The van der Waals surface area contributed by atoms with Crippen LogP contribution in [0.4, 0.5) is 13.2 Å². The van der Waals surface area contributed by atoms with Gasteiger partial charge in [0.15, 0.2) is 0 Å². The van der Waals surface area contributed by atoms with Crippen molar-refractivity contribution in [3.05, 3.63) is 89.7 Å². The van der Waals surface area contributed by atoms with E-state index < -0.39 is 11.7 Å². The highest BCUT2D eigenvalue weighted by Crippen LogP contribution is 2.29. The first-order chi connectivity index (χ1) is 15.8. The van der Waals surface area contributed by atoms with Gasteiger partial charge in [-0.05, 0) is 60.2 Å². The molecule has 0 saturated heterocycles. The van der Waals surface area contributed by atoms with Crippen molar-refractivity contribution in [2.24, 2.45) is 0 Å². The molecule has 170 valence electrons. The lowest BCUT2D eigenvalue weighted by Crippen LogP contribution is -2.26. The van der Waals surface area contributed by atoms with E-state index in [0.717, 1.165) is 23.3 Å². The van der Waals surface area contributed by atoms with Gasteiger partial charge in [-0.2, -0.15) is 13.2 Å². The summed E-state index contributed by atoms with van der Waals surface area (Å²) in [7, 11) is 0. The van der Waals surface area contributed by atoms with Gasteiger partial charge in [-0.1, -0.05) is 12.1 Å². The Morgan fingerprint density at radius 3 is 2.42 bits per heavy atom. The molecule has 4 rings (SSSR count). The first kappa shape index (κ1) is 22.3. The molecule has 0 aliphatic rings. The zero-order valence-electron chi connectivity index (χ0n) is 17.3. The Morgan fingerprint density at radius 1 is 1.03 bits per heavy atom. The molecule has 33 heavy (non-hydrogen) atoms. The van der Waals surface area contributed by atoms with Gasteiger partial charge in [0.25, 0.3) is 5.91 Å². The number of hydrogen-bond donors (Lipinski definition) is 2. The second kappa shape index (κ2) is 9.33. The highest BCUT2D eigenvalue weighted by atomic mass is 19.4. The molecule has 1 heterocycles. The SMILES string of the molecule is O=C(NCCO)c1ccc2c(c1)ncn2-c1ccc(OCc2ccc(C(F)(F)F)cc2)cc1. The molecule has 0 atom stereocenters. The van der Waals surface area contributed by atoms with Crippen molar-refractivity contribution in [2.45, 2.75) is 12.8 Å². The molecule has 2 N–H and O–H groups in total. The summed E-state index contributed by atoms with van der Waals surface area (Å²) in [5.41, 5.74) is 2.68. The number of aliphatic hydroxyl groups is 1. The Morgan fingerprint density at radius 2 is 1.76 bits per heavy atom. The molecule has 0 spiro atoms. The molecule has 0 saturated carbocycles. The number of benzene rings is 3. The minimum atomic E-state index is -4.36. The molecule has 0 bridgehead atoms. The number of amides is 1. The highest BCUT2D eigenvalue weighted by Gasteiger charge is 2.29. The lowest BCUT2D eigenvalue weighted by molar-refractivity contribution is -0.137. The van der Waals surface area contributed by atoms with Gasteiger partial charge < -0.3 is 15.2 Å². The van der Waals surface area contributed by atoms with Gasteiger partial charge >= 0.3 is 6.18 Å². The quantitative estimate of drug-likeness (QED) is 0.435. The smallest absolute Gasteiger partial charge is 0.416 e. The van der Waals surface area contributed by atoms with E-state index in [4.69, 9.17) is 9.84 Å². The van der Waals surface area contributed by atoms with Gasteiger partial charge in [-0.3, -0.25) is 9.36 Å². The van der Waals surface area contributed by atoms with Crippen molar-refractivity contribution in [3.63, 3.8) is 0 Å². The number of carbonyl (C=O) groups excluding carboxylic acids is 1. The number of alkyl halides is 3. The number of halogens is 3. The molecule has 0 unspecified atom stereocenters. The molecule has 1 amide bonds. The molecule has 0 aliphatic heterocycles. The Hall–Kier alpha value is -3.85. The third kappa shape index (κ3) is 5.15. The summed E-state index contributed by atoms with van der Waals surface area (Å²) >= 11 is 0. The molecule has 9 heteroatoms. The predicted molar refractivity (Wildman–Crippen MR) is 116 cm³/mol. The Bertz CT molecular complexity index is 1250. The molecule has 0 aliphatic carbocycles. The fourth-order valence-corrected chi connectivity index (χ4v) is 3.29. The third-order valence-corrected chi connectivity index (χ3v) is 5.01. The Kier molecular flexibility index (Phi) is 6.32. The van der Waals surface area contributed by atoms with Crippen molar-refractivity contribution >= 4 is 16.9 Å². The standard InChI is InChI=1S/C24H20F3N3O3/c25-24(26,27)18-4-1-16(2-5-18)14-33-20-8-6-19(7-9-20)30-15-29-21-13-17(3-10-22(21)30)23(32)28-11-12-31/h1-10,13,15,31H,11-12,14H2,(H,28,32). The van der Waals surface area contributed by atoms with Crippen LogP contribution in [0.15, 0.2) is 73.1 Å². The van der Waals surface area contributed by atoms with Gasteiger partial charge in [-0.15, -0.1) is 0 Å². The summed E-state index contributed by atoms with van der Waals surface area (Å²) in [6.45, 7) is 0.192. The van der Waals surface area contributed by atoms with Crippen LogP contribution in [0.1, 0.15) is 21.5 Å². The fourth-order valence-electron chi connectivity index (χ4n) is 3.29. The average Bonchev–Trinajstić information content (AvgIpc) is 3.24. The molecule has 1 aromatic heterocycles. The lowest BCUT2D eigenvalue weighted by atomic mass is 10.1. The van der Waals surface area contributed by atoms with Crippen LogP contribution in [0.2, 0.25) is 0 Å². The van der Waals surface area contributed by atoms with Gasteiger partial charge in [0, 0.05) is 17.8 Å². The van der Waals surface area contributed by atoms with Crippen molar-refractivity contribution < 1.29 is 27.8 Å². The summed E-state index contributed by atoms with van der Waals surface area (Å²) < 4.78 is 45.5. The minimum absolute atomic E-state index is 0.132. The number of aliphatic hydroxyl groups excluding tert-OH is 1. The molecular formula is C24H20F3N3O3. The number of aromatic nitrogens is 2. The zero-order valence-corrected chi connectivity index (χ0v) is 17.3. The molecule has 0 fully saturated rings. The van der Waals surface area contributed by atoms with Gasteiger partial charge in [0.05, 0.1) is 23.2 Å². The maximum absolute atomic E-state index is 12.7. The lowest BCUT2D eigenvalue weighted by Gasteiger charge is -2.10. The second-order valence-corrected chi connectivity index (χ2v) is 7.27. The first-order valence-electron chi connectivity index (χ1n) is 10.1. The van der Waals surface area contributed by atoms with Crippen molar-refractivity contribution in [1.82, 2.24) is 14.9 Å². The van der Waals surface area contributed by atoms with E-state index in [1.54, 1.807) is 36.7 Å². The molecule has 4 aromatic rings. The summed E-state index contributed by atoms with van der Waals surface area (Å²) in [5, 5.41) is 11.4.